The Balaban J connectivity index is 0. The molecule has 0 aliphatic rings. The summed E-state index contributed by atoms with van der Waals surface area (Å²) in [5.74, 6) is 1.76. The van der Waals surface area contributed by atoms with Crippen molar-refractivity contribution in [2.75, 3.05) is 11.5 Å². The first kappa shape index (κ1) is 9.77. The molecule has 0 bridgehead atoms. The van der Waals surface area contributed by atoms with Gasteiger partial charge in [-0.25, -0.2) is 0 Å². The zero-order valence-corrected chi connectivity index (χ0v) is 8.02. The van der Waals surface area contributed by atoms with E-state index in [2.05, 4.69) is 25.3 Å². The van der Waals surface area contributed by atoms with Crippen molar-refractivity contribution in [3.8, 4) is 0 Å². The van der Waals surface area contributed by atoms with Gasteiger partial charge < -0.3 is 0 Å². The third-order valence-electron chi connectivity index (χ3n) is 0.1000. The molecule has 0 saturated carbocycles. The molecule has 0 atom stereocenters. The molecule has 0 nitrogen and oxygen atoms in total. The molecule has 3 heteroatoms. The van der Waals surface area contributed by atoms with Gasteiger partial charge >= 0.3 is 0 Å². The van der Waals surface area contributed by atoms with Gasteiger partial charge in [0, 0.05) is 26.2 Å². The van der Waals surface area contributed by atoms with Crippen LogP contribution >= 0.6 is 25.3 Å². The molecule has 0 aromatic rings. The first-order chi connectivity index (χ1) is 1.91. The minimum absolute atomic E-state index is 0. The van der Waals surface area contributed by atoms with Gasteiger partial charge in [0.05, 0.1) is 0 Å². The van der Waals surface area contributed by atoms with Crippen molar-refractivity contribution in [1.29, 1.82) is 0 Å². The summed E-state index contributed by atoms with van der Waals surface area (Å²) in [5.41, 5.74) is 0. The fraction of sp³-hybridized carbons (Fsp3) is 1.00. The molecule has 0 rings (SSSR count). The topological polar surface area (TPSA) is 0 Å². The Bertz CT molecular complexity index is 9.61. The van der Waals surface area contributed by atoms with E-state index in [1.54, 1.807) is 0 Å². The van der Waals surface area contributed by atoms with Crippen LogP contribution in [0.4, 0.5) is 0 Å². The van der Waals surface area contributed by atoms with Gasteiger partial charge in [-0.05, 0) is 11.5 Å². The summed E-state index contributed by atoms with van der Waals surface area (Å²) in [7, 11) is 0. The van der Waals surface area contributed by atoms with E-state index < -0.39 is 0 Å². The van der Waals surface area contributed by atoms with E-state index in [1.165, 1.54) is 0 Å². The van der Waals surface area contributed by atoms with Crippen molar-refractivity contribution in [3.63, 3.8) is 0 Å². The molecular weight excluding hydrogens is 297 g/mol. The summed E-state index contributed by atoms with van der Waals surface area (Å²) in [6, 6.07) is 0. The van der Waals surface area contributed by atoms with Crippen molar-refractivity contribution in [2.45, 2.75) is 0 Å². The van der Waals surface area contributed by atoms with Crippen LogP contribution in [-0.4, -0.2) is 37.7 Å². The van der Waals surface area contributed by atoms with E-state index in [-0.39, 0.29) is 26.2 Å². The molecule has 5 heavy (non-hydrogen) atoms. The number of thiol groups is 2. The first-order valence-corrected chi connectivity index (χ1v) is 2.40. The SMILES string of the molecule is SCCS.[Bi]. The van der Waals surface area contributed by atoms with E-state index in [0.29, 0.717) is 0 Å². The molecule has 31 valence electrons. The number of hydrogen-bond acceptors (Lipinski definition) is 2. The zero-order chi connectivity index (χ0) is 3.41. The molecule has 0 aromatic carbocycles. The smallest absolute Gasteiger partial charge is 0 e. The second-order valence-corrected chi connectivity index (χ2v) is 1.34. The third-order valence-corrected chi connectivity index (χ3v) is 0.900. The summed E-state index contributed by atoms with van der Waals surface area (Å²) in [5, 5.41) is 0. The van der Waals surface area contributed by atoms with Gasteiger partial charge in [0.2, 0.25) is 0 Å². The largest absolute Gasteiger partial charge is 0.179 e. The maximum Gasteiger partial charge on any atom is 0 e. The van der Waals surface area contributed by atoms with Crippen molar-refractivity contribution >= 4 is 51.5 Å². The average molecular weight is 303 g/mol. The van der Waals surface area contributed by atoms with Gasteiger partial charge in [0.1, 0.15) is 0 Å². The van der Waals surface area contributed by atoms with Crippen molar-refractivity contribution in [2.24, 2.45) is 0 Å². The fourth-order valence-corrected chi connectivity index (χ4v) is 0. The zero-order valence-electron chi connectivity index (χ0n) is 2.76. The van der Waals surface area contributed by atoms with E-state index in [1.807, 2.05) is 0 Å². The van der Waals surface area contributed by atoms with E-state index in [0.717, 1.165) is 11.5 Å². The second-order valence-electron chi connectivity index (χ2n) is 0.447. The standard InChI is InChI=1S/C2H6S2.Bi/c3-1-2-4;/h3-4H,1-2H2;. The Labute approximate surface area is 62.7 Å². The van der Waals surface area contributed by atoms with Gasteiger partial charge in [-0.2, -0.15) is 25.3 Å². The molecule has 3 radical (unpaired) electrons. The maximum atomic E-state index is 3.84. The Morgan fingerprint density at radius 1 is 1.00 bits per heavy atom. The number of rotatable bonds is 1. The van der Waals surface area contributed by atoms with Crippen LogP contribution in [0.5, 0.6) is 0 Å². The monoisotopic (exact) mass is 303 g/mol. The molecule has 0 N–H and O–H groups in total. The van der Waals surface area contributed by atoms with E-state index in [9.17, 15) is 0 Å². The molecular formula is C2H6BiS2. The average Bonchev–Trinajstić information content (AvgIpc) is 1.37. The van der Waals surface area contributed by atoms with Gasteiger partial charge in [0.15, 0.2) is 0 Å². The molecule has 0 amide bonds. The quantitative estimate of drug-likeness (QED) is 0.510. The minimum atomic E-state index is 0. The van der Waals surface area contributed by atoms with Crippen LogP contribution in [0.2, 0.25) is 0 Å². The van der Waals surface area contributed by atoms with Crippen LogP contribution < -0.4 is 0 Å². The first-order valence-electron chi connectivity index (χ1n) is 1.13. The predicted molar refractivity (Wildman–Crippen MR) is 33.5 cm³/mol. The van der Waals surface area contributed by atoms with E-state index in [4.69, 9.17) is 0 Å². The van der Waals surface area contributed by atoms with Crippen molar-refractivity contribution in [3.05, 3.63) is 0 Å². The maximum absolute atomic E-state index is 3.84. The van der Waals surface area contributed by atoms with Crippen molar-refractivity contribution < 1.29 is 0 Å². The predicted octanol–water partition coefficient (Wildman–Crippen LogP) is 0.465. The van der Waals surface area contributed by atoms with Gasteiger partial charge in [-0.1, -0.05) is 0 Å². The molecule has 0 unspecified atom stereocenters. The van der Waals surface area contributed by atoms with Gasteiger partial charge in [-0.3, -0.25) is 0 Å². The molecule has 0 aliphatic carbocycles. The molecule has 0 heterocycles. The second kappa shape index (κ2) is 9.13. The normalized spacial score (nSPS) is 6.00. The molecule has 0 saturated heterocycles. The van der Waals surface area contributed by atoms with Gasteiger partial charge in [-0.15, -0.1) is 0 Å². The summed E-state index contributed by atoms with van der Waals surface area (Å²) in [6.07, 6.45) is 0. The summed E-state index contributed by atoms with van der Waals surface area (Å²) in [4.78, 5) is 0. The Kier molecular flexibility index (Phi) is 17.8. The van der Waals surface area contributed by atoms with Crippen LogP contribution in [0.25, 0.3) is 0 Å². The molecule has 0 fully saturated rings. The molecule has 0 aromatic heterocycles. The summed E-state index contributed by atoms with van der Waals surface area (Å²) >= 11 is 7.69. The third kappa shape index (κ3) is 10.7. The molecule has 0 spiro atoms. The molecule has 0 aliphatic heterocycles. The number of hydrogen-bond donors (Lipinski definition) is 2. The van der Waals surface area contributed by atoms with Crippen LogP contribution in [-0.2, 0) is 0 Å². The van der Waals surface area contributed by atoms with E-state index >= 15 is 0 Å². The van der Waals surface area contributed by atoms with Crippen LogP contribution in [0.1, 0.15) is 0 Å². The minimum Gasteiger partial charge on any atom is -0.179 e. The Morgan fingerprint density at radius 3 is 1.20 bits per heavy atom. The van der Waals surface area contributed by atoms with Crippen LogP contribution in [0, 0.1) is 0 Å². The summed E-state index contributed by atoms with van der Waals surface area (Å²) in [6.45, 7) is 0. The van der Waals surface area contributed by atoms with Crippen LogP contribution in [0.3, 0.4) is 0 Å². The van der Waals surface area contributed by atoms with Crippen LogP contribution in [0.15, 0.2) is 0 Å². The summed E-state index contributed by atoms with van der Waals surface area (Å²) < 4.78 is 0. The van der Waals surface area contributed by atoms with Crippen molar-refractivity contribution in [1.82, 2.24) is 0 Å². The fourth-order valence-electron chi connectivity index (χ4n) is 0. The van der Waals surface area contributed by atoms with Gasteiger partial charge in [0.25, 0.3) is 0 Å². The Morgan fingerprint density at radius 2 is 1.20 bits per heavy atom. The Hall–Kier alpha value is 1.58.